The zero-order chi connectivity index (χ0) is 19.2. The number of nitrogens with one attached hydrogen (secondary N) is 1. The third-order valence-corrected chi connectivity index (χ3v) is 5.27. The summed E-state index contributed by atoms with van der Waals surface area (Å²) in [5, 5.41) is 15.9. The van der Waals surface area contributed by atoms with Crippen LogP contribution in [0.3, 0.4) is 0 Å². The van der Waals surface area contributed by atoms with E-state index in [-0.39, 0.29) is 24.0 Å². The summed E-state index contributed by atoms with van der Waals surface area (Å²) in [7, 11) is 0. The molecule has 6 nitrogen and oxygen atoms in total. The normalized spacial score (nSPS) is 24.1. The lowest BCUT2D eigenvalue weighted by Crippen LogP contribution is -2.43. The number of benzene rings is 1. The summed E-state index contributed by atoms with van der Waals surface area (Å²) in [6.07, 6.45) is 2.04. The summed E-state index contributed by atoms with van der Waals surface area (Å²) in [6.45, 7) is 0. The maximum atomic E-state index is 12.7. The van der Waals surface area contributed by atoms with E-state index in [2.05, 4.69) is 16.6 Å². The van der Waals surface area contributed by atoms with Crippen molar-refractivity contribution >= 4 is 5.91 Å². The van der Waals surface area contributed by atoms with Crippen LogP contribution in [0.4, 0.5) is 13.2 Å². The van der Waals surface area contributed by atoms with Crippen molar-refractivity contribution in [1.29, 1.82) is 5.26 Å². The van der Waals surface area contributed by atoms with Gasteiger partial charge in [0.05, 0.1) is 29.5 Å². The van der Waals surface area contributed by atoms with Crippen molar-refractivity contribution < 1.29 is 18.0 Å². The van der Waals surface area contributed by atoms with Crippen LogP contribution in [0, 0.1) is 11.5 Å². The molecule has 0 saturated carbocycles. The molecule has 0 spiro atoms. The highest BCUT2D eigenvalue weighted by Gasteiger charge is 2.46. The molecule has 2 bridgehead atoms. The van der Waals surface area contributed by atoms with Crippen LogP contribution < -0.4 is 5.32 Å². The predicted molar refractivity (Wildman–Crippen MR) is 88.7 cm³/mol. The summed E-state index contributed by atoms with van der Waals surface area (Å²) in [4.78, 5) is 14.2. The topological polar surface area (TPSA) is 74.0 Å². The Morgan fingerprint density at radius 1 is 1.26 bits per heavy atom. The molecule has 2 aliphatic rings. The lowest BCUT2D eigenvalue weighted by Gasteiger charge is -2.21. The van der Waals surface area contributed by atoms with Gasteiger partial charge in [0.1, 0.15) is 0 Å². The molecule has 0 aliphatic carbocycles. The maximum Gasteiger partial charge on any atom is 0.419 e. The minimum absolute atomic E-state index is 0.0492. The summed E-state index contributed by atoms with van der Waals surface area (Å²) < 4.78 is 39.1. The zero-order valence-corrected chi connectivity index (χ0v) is 14.1. The van der Waals surface area contributed by atoms with E-state index in [1.165, 1.54) is 0 Å². The molecule has 1 N–H and O–H groups in total. The van der Waals surface area contributed by atoms with Gasteiger partial charge in [-0.05, 0) is 43.5 Å². The quantitative estimate of drug-likeness (QED) is 0.838. The van der Waals surface area contributed by atoms with Crippen LogP contribution in [0.2, 0.25) is 0 Å². The third-order valence-electron chi connectivity index (χ3n) is 5.27. The van der Waals surface area contributed by atoms with Gasteiger partial charge in [-0.25, -0.2) is 4.68 Å². The fourth-order valence-corrected chi connectivity index (χ4v) is 3.93. The van der Waals surface area contributed by atoms with Gasteiger partial charge in [0.25, 0.3) is 5.91 Å². The number of rotatable bonds is 3. The van der Waals surface area contributed by atoms with Crippen LogP contribution in [0.1, 0.15) is 35.2 Å². The smallest absolute Gasteiger partial charge is 0.347 e. The van der Waals surface area contributed by atoms with Crippen LogP contribution in [0.15, 0.2) is 36.7 Å². The zero-order valence-electron chi connectivity index (χ0n) is 14.1. The first-order chi connectivity index (χ1) is 12.9. The van der Waals surface area contributed by atoms with Crippen molar-refractivity contribution in [2.75, 3.05) is 0 Å². The first kappa shape index (κ1) is 17.4. The van der Waals surface area contributed by atoms with E-state index in [9.17, 15) is 23.2 Å². The van der Waals surface area contributed by atoms with E-state index in [0.717, 1.165) is 36.3 Å². The van der Waals surface area contributed by atoms with Gasteiger partial charge in [-0.15, -0.1) is 0 Å². The summed E-state index contributed by atoms with van der Waals surface area (Å²) >= 11 is 0. The SMILES string of the molecule is N#CN1[C@H]2CC[C@@H]1[C@H](NC(=O)c1ccc(-n3cc(C(F)(F)F)cn3)cc1)C2. The number of hydrogen-bond donors (Lipinski definition) is 1. The molecule has 27 heavy (non-hydrogen) atoms. The van der Waals surface area contributed by atoms with Gasteiger partial charge in [-0.1, -0.05) is 0 Å². The molecule has 1 amide bonds. The molecule has 9 heteroatoms. The molecule has 1 aromatic carbocycles. The van der Waals surface area contributed by atoms with E-state index in [4.69, 9.17) is 0 Å². The Morgan fingerprint density at radius 2 is 2.00 bits per heavy atom. The van der Waals surface area contributed by atoms with Gasteiger partial charge in [-0.2, -0.15) is 23.5 Å². The Kier molecular flexibility index (Phi) is 4.06. The number of carbonyl (C=O) groups is 1. The Labute approximate surface area is 153 Å². The molecule has 2 aliphatic heterocycles. The monoisotopic (exact) mass is 375 g/mol. The van der Waals surface area contributed by atoms with Crippen LogP contribution in [-0.4, -0.2) is 38.7 Å². The van der Waals surface area contributed by atoms with E-state index in [1.807, 2.05) is 0 Å². The molecule has 140 valence electrons. The van der Waals surface area contributed by atoms with Gasteiger partial charge in [0.15, 0.2) is 6.19 Å². The number of carbonyl (C=O) groups excluding carboxylic acids is 1. The first-order valence-electron chi connectivity index (χ1n) is 8.58. The average molecular weight is 375 g/mol. The second kappa shape index (κ2) is 6.30. The van der Waals surface area contributed by atoms with Crippen molar-refractivity contribution in [1.82, 2.24) is 20.0 Å². The minimum Gasteiger partial charge on any atom is -0.347 e. The molecule has 2 saturated heterocycles. The van der Waals surface area contributed by atoms with Gasteiger partial charge in [0, 0.05) is 17.8 Å². The largest absolute Gasteiger partial charge is 0.419 e. The third kappa shape index (κ3) is 3.12. The minimum atomic E-state index is -4.45. The molecule has 0 unspecified atom stereocenters. The number of halogens is 3. The van der Waals surface area contributed by atoms with E-state index in [1.54, 1.807) is 29.2 Å². The second-order valence-corrected chi connectivity index (χ2v) is 6.84. The Balaban J connectivity index is 1.44. The highest BCUT2D eigenvalue weighted by molar-refractivity contribution is 5.94. The maximum absolute atomic E-state index is 12.7. The van der Waals surface area contributed by atoms with Gasteiger partial charge >= 0.3 is 6.18 Å². The number of nitriles is 1. The average Bonchev–Trinajstić information content (AvgIpc) is 3.35. The first-order valence-corrected chi connectivity index (χ1v) is 8.58. The standard InChI is InChI=1S/C18H16F3N5O/c19-18(20,21)12-8-23-26(9-12)13-3-1-11(2-4-13)17(27)24-15-7-14-5-6-16(15)25(14)10-22/h1-4,8-9,14-16H,5-7H2,(H,24,27)/t14-,15+,16+/m0/s1. The lowest BCUT2D eigenvalue weighted by molar-refractivity contribution is -0.137. The number of amides is 1. The second-order valence-electron chi connectivity index (χ2n) is 6.84. The van der Waals surface area contributed by atoms with Crippen molar-refractivity contribution in [2.45, 2.75) is 43.6 Å². The van der Waals surface area contributed by atoms with Crippen LogP contribution in [0.5, 0.6) is 0 Å². The van der Waals surface area contributed by atoms with Crippen LogP contribution in [-0.2, 0) is 6.18 Å². The molecule has 3 heterocycles. The van der Waals surface area contributed by atoms with Crippen molar-refractivity contribution in [3.8, 4) is 11.9 Å². The van der Waals surface area contributed by atoms with Gasteiger partial charge in [-0.3, -0.25) is 4.79 Å². The van der Waals surface area contributed by atoms with Crippen molar-refractivity contribution in [3.05, 3.63) is 47.8 Å². The number of alkyl halides is 3. The Bertz CT molecular complexity index is 899. The van der Waals surface area contributed by atoms with Crippen molar-refractivity contribution in [3.63, 3.8) is 0 Å². The van der Waals surface area contributed by atoms with Gasteiger partial charge < -0.3 is 10.2 Å². The highest BCUT2D eigenvalue weighted by Crippen LogP contribution is 2.37. The summed E-state index contributed by atoms with van der Waals surface area (Å²) in [5.41, 5.74) is 0.00788. The van der Waals surface area contributed by atoms with Crippen LogP contribution >= 0.6 is 0 Å². The fraction of sp³-hybridized carbons (Fsp3) is 0.389. The predicted octanol–water partition coefficient (Wildman–Crippen LogP) is 2.71. The van der Waals surface area contributed by atoms with E-state index < -0.39 is 11.7 Å². The summed E-state index contributed by atoms with van der Waals surface area (Å²) in [6, 6.07) is 6.39. The van der Waals surface area contributed by atoms with Crippen molar-refractivity contribution in [2.24, 2.45) is 0 Å². The fourth-order valence-electron chi connectivity index (χ4n) is 3.93. The molecule has 2 fully saturated rings. The molecular formula is C18H16F3N5O. The van der Waals surface area contributed by atoms with Crippen LogP contribution in [0.25, 0.3) is 5.69 Å². The summed E-state index contributed by atoms with van der Waals surface area (Å²) in [5.74, 6) is -0.256. The molecule has 3 atom stereocenters. The molecular weight excluding hydrogens is 359 g/mol. The highest BCUT2D eigenvalue weighted by atomic mass is 19.4. The van der Waals surface area contributed by atoms with E-state index >= 15 is 0 Å². The Hall–Kier alpha value is -3.02. The number of hydrogen-bond acceptors (Lipinski definition) is 4. The molecule has 4 rings (SSSR count). The molecule has 0 radical (unpaired) electrons. The number of nitrogens with zero attached hydrogens (tertiary/aromatic N) is 4. The van der Waals surface area contributed by atoms with E-state index in [0.29, 0.717) is 11.3 Å². The molecule has 1 aromatic heterocycles. The lowest BCUT2D eigenvalue weighted by atomic mass is 9.95. The number of fused-ring (bicyclic) bond motifs is 2. The number of aromatic nitrogens is 2. The van der Waals surface area contributed by atoms with Gasteiger partial charge in [0.2, 0.25) is 0 Å². The molecule has 2 aromatic rings. The Morgan fingerprint density at radius 3 is 2.59 bits per heavy atom.